The van der Waals surface area contributed by atoms with Crippen LogP contribution in [0.15, 0.2) is 24.4 Å². The lowest BCUT2D eigenvalue weighted by molar-refractivity contribution is 0.324. The van der Waals surface area contributed by atoms with E-state index < -0.39 is 0 Å². The minimum absolute atomic E-state index is 0.445. The molecule has 1 saturated heterocycles. The van der Waals surface area contributed by atoms with Gasteiger partial charge in [0, 0.05) is 17.5 Å². The van der Waals surface area contributed by atoms with E-state index in [0.29, 0.717) is 29.2 Å². The maximum atomic E-state index is 5.46. The van der Waals surface area contributed by atoms with Crippen molar-refractivity contribution < 1.29 is 14.2 Å². The summed E-state index contributed by atoms with van der Waals surface area (Å²) in [5.41, 5.74) is 3.56. The quantitative estimate of drug-likeness (QED) is 0.703. The van der Waals surface area contributed by atoms with E-state index in [2.05, 4.69) is 22.2 Å². The third kappa shape index (κ3) is 3.38. The summed E-state index contributed by atoms with van der Waals surface area (Å²) in [6.07, 6.45) is 4.03. The summed E-state index contributed by atoms with van der Waals surface area (Å²) in [4.78, 5) is 12.9. The van der Waals surface area contributed by atoms with Gasteiger partial charge in [0.1, 0.15) is 11.5 Å². The first-order chi connectivity index (χ1) is 13.6. The minimum atomic E-state index is 0.445. The lowest BCUT2D eigenvalue weighted by Crippen LogP contribution is -2.35. The Morgan fingerprint density at radius 1 is 1.00 bits per heavy atom. The molecule has 28 heavy (non-hydrogen) atoms. The highest BCUT2D eigenvalue weighted by Gasteiger charge is 2.23. The van der Waals surface area contributed by atoms with E-state index in [9.17, 15) is 0 Å². The second-order valence-corrected chi connectivity index (χ2v) is 7.20. The molecule has 3 aliphatic rings. The Morgan fingerprint density at radius 2 is 1.75 bits per heavy atom. The van der Waals surface area contributed by atoms with Crippen LogP contribution < -0.4 is 19.5 Å². The number of aromatic nitrogens is 3. The Kier molecular flexibility index (Phi) is 5.09. The first kappa shape index (κ1) is 18.6. The minimum Gasteiger partial charge on any atom is -0.493 e. The number of methoxy groups -OCH3 is 3. The molecule has 0 radical (unpaired) electrons. The summed E-state index contributed by atoms with van der Waals surface area (Å²) >= 11 is 0. The molecule has 7 heteroatoms. The molecule has 148 valence electrons. The number of fused-ring (bicyclic) bond motifs is 1. The van der Waals surface area contributed by atoms with Crippen LogP contribution in [0.2, 0.25) is 0 Å². The summed E-state index contributed by atoms with van der Waals surface area (Å²) in [6, 6.07) is 6.37. The van der Waals surface area contributed by atoms with Gasteiger partial charge in [-0.05, 0) is 44.5 Å². The van der Waals surface area contributed by atoms with E-state index in [0.717, 1.165) is 47.9 Å². The van der Waals surface area contributed by atoms with Crippen LogP contribution >= 0.6 is 0 Å². The number of nitrogens with one attached hydrogen (secondary N) is 2. The van der Waals surface area contributed by atoms with Crippen molar-refractivity contribution in [1.29, 1.82) is 0 Å². The van der Waals surface area contributed by atoms with Gasteiger partial charge in [0.05, 0.1) is 38.9 Å². The van der Waals surface area contributed by atoms with Gasteiger partial charge < -0.3 is 24.5 Å². The SMILES string of the molecule is COc1cc(-c2cc3[nH]c(C4CCNC(C)C4)ncc-3n2)cc(OC)c1OC. The summed E-state index contributed by atoms with van der Waals surface area (Å²) in [7, 11) is 4.82. The van der Waals surface area contributed by atoms with E-state index in [1.165, 1.54) is 0 Å². The highest BCUT2D eigenvalue weighted by Crippen LogP contribution is 2.42. The van der Waals surface area contributed by atoms with Gasteiger partial charge in [0.25, 0.3) is 0 Å². The molecule has 1 aromatic rings. The van der Waals surface area contributed by atoms with Crippen LogP contribution in [-0.4, -0.2) is 48.9 Å². The zero-order chi connectivity index (χ0) is 19.7. The largest absolute Gasteiger partial charge is 0.493 e. The molecule has 0 saturated carbocycles. The fraction of sp³-hybridized carbons (Fsp3) is 0.429. The third-order valence-corrected chi connectivity index (χ3v) is 5.36. The topological polar surface area (TPSA) is 81.3 Å². The van der Waals surface area contributed by atoms with Crippen molar-refractivity contribution >= 4 is 0 Å². The van der Waals surface area contributed by atoms with Gasteiger partial charge >= 0.3 is 0 Å². The van der Waals surface area contributed by atoms with Gasteiger partial charge in [-0.2, -0.15) is 0 Å². The number of benzene rings is 1. The smallest absolute Gasteiger partial charge is 0.203 e. The van der Waals surface area contributed by atoms with Crippen molar-refractivity contribution in [2.45, 2.75) is 31.7 Å². The van der Waals surface area contributed by atoms with Crippen LogP contribution in [0.25, 0.3) is 22.6 Å². The number of aromatic amines is 1. The summed E-state index contributed by atoms with van der Waals surface area (Å²) < 4.78 is 16.3. The first-order valence-electron chi connectivity index (χ1n) is 9.52. The second kappa shape index (κ2) is 7.67. The maximum absolute atomic E-state index is 5.46. The van der Waals surface area contributed by atoms with Crippen molar-refractivity contribution in [2.75, 3.05) is 27.9 Å². The van der Waals surface area contributed by atoms with Crippen molar-refractivity contribution in [3.05, 3.63) is 30.2 Å². The Hall–Kier alpha value is -2.80. The van der Waals surface area contributed by atoms with Gasteiger partial charge in [0.15, 0.2) is 11.5 Å². The molecule has 3 heterocycles. The lowest BCUT2D eigenvalue weighted by Gasteiger charge is -2.27. The zero-order valence-electron chi connectivity index (χ0n) is 16.7. The average molecular weight is 382 g/mol. The zero-order valence-corrected chi connectivity index (χ0v) is 16.7. The molecule has 2 unspecified atom stereocenters. The number of rotatable bonds is 5. The second-order valence-electron chi connectivity index (χ2n) is 7.20. The molecule has 1 aromatic carbocycles. The Morgan fingerprint density at radius 3 is 2.39 bits per heavy atom. The molecule has 3 aliphatic heterocycles. The maximum Gasteiger partial charge on any atom is 0.203 e. The van der Waals surface area contributed by atoms with E-state index in [4.69, 9.17) is 19.2 Å². The number of H-pyrrole nitrogens is 1. The molecule has 0 aromatic heterocycles. The van der Waals surface area contributed by atoms with Crippen molar-refractivity contribution in [3.63, 3.8) is 0 Å². The number of piperidine rings is 1. The normalized spacial score (nSPS) is 19.6. The third-order valence-electron chi connectivity index (χ3n) is 5.36. The summed E-state index contributed by atoms with van der Waals surface area (Å²) in [5.74, 6) is 3.26. The molecule has 0 amide bonds. The molecule has 4 rings (SSSR count). The molecule has 2 N–H and O–H groups in total. The van der Waals surface area contributed by atoms with E-state index in [-0.39, 0.29) is 0 Å². The van der Waals surface area contributed by atoms with E-state index in [1.807, 2.05) is 24.4 Å². The number of hydrogen-bond acceptors (Lipinski definition) is 6. The van der Waals surface area contributed by atoms with Crippen LogP contribution in [0.5, 0.6) is 17.2 Å². The average Bonchev–Trinajstić information content (AvgIpc) is 3.16. The molecule has 0 aliphatic carbocycles. The highest BCUT2D eigenvalue weighted by molar-refractivity contribution is 5.74. The van der Waals surface area contributed by atoms with Gasteiger partial charge in [-0.1, -0.05) is 0 Å². The van der Waals surface area contributed by atoms with Crippen LogP contribution in [0.3, 0.4) is 0 Å². The summed E-state index contributed by atoms with van der Waals surface area (Å²) in [6.45, 7) is 3.24. The molecular formula is C21H26N4O3. The highest BCUT2D eigenvalue weighted by atomic mass is 16.5. The van der Waals surface area contributed by atoms with Crippen LogP contribution in [0, 0.1) is 0 Å². The Labute approximate surface area is 164 Å². The van der Waals surface area contributed by atoms with Crippen molar-refractivity contribution in [2.24, 2.45) is 0 Å². The first-order valence-corrected chi connectivity index (χ1v) is 9.52. The van der Waals surface area contributed by atoms with E-state index in [1.54, 1.807) is 21.3 Å². The van der Waals surface area contributed by atoms with Gasteiger partial charge in [-0.25, -0.2) is 9.97 Å². The molecule has 1 fully saturated rings. The van der Waals surface area contributed by atoms with Crippen LogP contribution in [0.4, 0.5) is 0 Å². The Bertz CT molecular complexity index is 914. The fourth-order valence-electron chi connectivity index (χ4n) is 3.90. The molecule has 0 spiro atoms. The standard InChI is InChI=1S/C21H26N4O3/c1-12-7-13(5-6-22-12)21-23-11-17-16(25-21)10-15(24-17)14-8-18(26-2)20(28-4)19(9-14)27-3/h8-13,22H,5-7H2,1-4H3,(H,23,25). The van der Waals surface area contributed by atoms with Crippen molar-refractivity contribution in [3.8, 4) is 39.9 Å². The molecule has 7 nitrogen and oxygen atoms in total. The van der Waals surface area contributed by atoms with Gasteiger partial charge in [-0.3, -0.25) is 0 Å². The predicted molar refractivity (Wildman–Crippen MR) is 108 cm³/mol. The number of hydrogen-bond donors (Lipinski definition) is 2. The van der Waals surface area contributed by atoms with Crippen LogP contribution in [-0.2, 0) is 0 Å². The van der Waals surface area contributed by atoms with E-state index >= 15 is 0 Å². The number of ether oxygens (including phenoxy) is 3. The fourth-order valence-corrected chi connectivity index (χ4v) is 3.90. The van der Waals surface area contributed by atoms with Gasteiger partial charge in [0.2, 0.25) is 5.75 Å². The monoisotopic (exact) mass is 382 g/mol. The molecular weight excluding hydrogens is 356 g/mol. The lowest BCUT2D eigenvalue weighted by atomic mass is 9.92. The van der Waals surface area contributed by atoms with Gasteiger partial charge in [-0.15, -0.1) is 0 Å². The molecule has 0 bridgehead atoms. The molecule has 2 atom stereocenters. The number of nitrogens with zero attached hydrogens (tertiary/aromatic N) is 2. The predicted octanol–water partition coefficient (Wildman–Crippen LogP) is 3.46. The van der Waals surface area contributed by atoms with Crippen LogP contribution in [0.1, 0.15) is 31.5 Å². The summed E-state index contributed by atoms with van der Waals surface area (Å²) in [5, 5.41) is 3.49. The Balaban J connectivity index is 1.71. The van der Waals surface area contributed by atoms with Crippen molar-refractivity contribution in [1.82, 2.24) is 20.3 Å².